The van der Waals surface area contributed by atoms with Crippen molar-refractivity contribution in [3.63, 3.8) is 0 Å². The first-order valence-electron chi connectivity index (χ1n) is 7.04. The zero-order valence-corrected chi connectivity index (χ0v) is 12.1. The third kappa shape index (κ3) is 3.11. The van der Waals surface area contributed by atoms with Crippen molar-refractivity contribution in [2.24, 2.45) is 11.3 Å². The molecule has 0 radical (unpaired) electrons. The highest BCUT2D eigenvalue weighted by Crippen LogP contribution is 2.44. The molecule has 1 fully saturated rings. The molecule has 1 N–H and O–H groups in total. The van der Waals surface area contributed by atoms with E-state index in [4.69, 9.17) is 11.6 Å². The molecule has 0 spiro atoms. The second kappa shape index (κ2) is 5.96. The first kappa shape index (κ1) is 14.4. The number of benzene rings is 1. The van der Waals surface area contributed by atoms with Gasteiger partial charge in [0.05, 0.1) is 5.41 Å². The normalized spacial score (nSPS) is 27.2. The van der Waals surface area contributed by atoms with Crippen LogP contribution < -0.4 is 0 Å². The van der Waals surface area contributed by atoms with Crippen LogP contribution in [0.4, 0.5) is 0 Å². The van der Waals surface area contributed by atoms with Crippen LogP contribution in [0.2, 0.25) is 5.02 Å². The molecule has 0 saturated heterocycles. The molecule has 1 aliphatic carbocycles. The van der Waals surface area contributed by atoms with E-state index in [9.17, 15) is 9.90 Å². The van der Waals surface area contributed by atoms with E-state index < -0.39 is 11.4 Å². The maximum absolute atomic E-state index is 11.8. The fourth-order valence-electron chi connectivity index (χ4n) is 3.27. The number of hydrogen-bond acceptors (Lipinski definition) is 1. The number of halogens is 1. The van der Waals surface area contributed by atoms with Gasteiger partial charge in [-0.2, -0.15) is 0 Å². The van der Waals surface area contributed by atoms with Crippen LogP contribution in [0, 0.1) is 11.3 Å². The fourth-order valence-corrected chi connectivity index (χ4v) is 3.47. The van der Waals surface area contributed by atoms with Crippen molar-refractivity contribution in [3.05, 3.63) is 34.9 Å². The number of aliphatic carboxylic acids is 1. The maximum atomic E-state index is 11.8. The SMILES string of the molecule is CCC1CCCC(Cc2ccccc2Cl)(C(=O)O)C1. The topological polar surface area (TPSA) is 37.3 Å². The molecular weight excluding hydrogens is 260 g/mol. The fraction of sp³-hybridized carbons (Fsp3) is 0.562. The van der Waals surface area contributed by atoms with Crippen LogP contribution in [0.1, 0.15) is 44.6 Å². The lowest BCUT2D eigenvalue weighted by molar-refractivity contribution is -0.152. The summed E-state index contributed by atoms with van der Waals surface area (Å²) in [5, 5.41) is 10.4. The Morgan fingerprint density at radius 1 is 1.47 bits per heavy atom. The Hall–Kier alpha value is -1.02. The zero-order chi connectivity index (χ0) is 13.9. The van der Waals surface area contributed by atoms with Gasteiger partial charge >= 0.3 is 5.97 Å². The average molecular weight is 281 g/mol. The van der Waals surface area contributed by atoms with Crippen LogP contribution in [0.15, 0.2) is 24.3 Å². The molecule has 3 heteroatoms. The van der Waals surface area contributed by atoms with E-state index in [0.29, 0.717) is 17.4 Å². The molecule has 1 aromatic rings. The molecule has 2 rings (SSSR count). The average Bonchev–Trinajstić information content (AvgIpc) is 2.41. The van der Waals surface area contributed by atoms with Crippen molar-refractivity contribution >= 4 is 17.6 Å². The molecule has 2 unspecified atom stereocenters. The maximum Gasteiger partial charge on any atom is 0.309 e. The van der Waals surface area contributed by atoms with Gasteiger partial charge in [0.25, 0.3) is 0 Å². The van der Waals surface area contributed by atoms with E-state index >= 15 is 0 Å². The van der Waals surface area contributed by atoms with E-state index in [0.717, 1.165) is 37.7 Å². The van der Waals surface area contributed by atoms with Gasteiger partial charge in [0.1, 0.15) is 0 Å². The van der Waals surface area contributed by atoms with Crippen LogP contribution in [-0.4, -0.2) is 11.1 Å². The molecule has 104 valence electrons. The molecule has 1 aliphatic rings. The van der Waals surface area contributed by atoms with Crippen molar-refractivity contribution in [3.8, 4) is 0 Å². The summed E-state index contributed by atoms with van der Waals surface area (Å²) in [5.74, 6) is -0.127. The van der Waals surface area contributed by atoms with Crippen LogP contribution in [0.3, 0.4) is 0 Å². The van der Waals surface area contributed by atoms with Crippen molar-refractivity contribution in [1.82, 2.24) is 0 Å². The van der Waals surface area contributed by atoms with Crippen molar-refractivity contribution in [2.45, 2.75) is 45.4 Å². The molecule has 19 heavy (non-hydrogen) atoms. The van der Waals surface area contributed by atoms with Gasteiger partial charge in [-0.1, -0.05) is 56.0 Å². The highest BCUT2D eigenvalue weighted by molar-refractivity contribution is 6.31. The summed E-state index contributed by atoms with van der Waals surface area (Å²) < 4.78 is 0. The predicted octanol–water partition coefficient (Wildman–Crippen LogP) is 4.55. The summed E-state index contributed by atoms with van der Waals surface area (Å²) in [5.41, 5.74) is 0.340. The molecule has 0 bridgehead atoms. The summed E-state index contributed by atoms with van der Waals surface area (Å²) in [4.78, 5) is 11.8. The van der Waals surface area contributed by atoms with E-state index in [1.807, 2.05) is 24.3 Å². The molecule has 2 atom stereocenters. The quantitative estimate of drug-likeness (QED) is 0.878. The molecule has 0 amide bonds. The minimum absolute atomic E-state index is 0.535. The van der Waals surface area contributed by atoms with E-state index in [2.05, 4.69) is 6.92 Å². The number of carboxylic acids is 1. The minimum Gasteiger partial charge on any atom is -0.481 e. The second-order valence-electron chi connectivity index (χ2n) is 5.72. The molecule has 0 heterocycles. The molecule has 1 aromatic carbocycles. The lowest BCUT2D eigenvalue weighted by atomic mass is 9.66. The van der Waals surface area contributed by atoms with Gasteiger partial charge in [-0.25, -0.2) is 0 Å². The molecular formula is C16H21ClO2. The van der Waals surface area contributed by atoms with Crippen LogP contribution in [0.5, 0.6) is 0 Å². The van der Waals surface area contributed by atoms with Gasteiger partial charge in [0.2, 0.25) is 0 Å². The molecule has 1 saturated carbocycles. The van der Waals surface area contributed by atoms with Crippen molar-refractivity contribution in [2.75, 3.05) is 0 Å². The van der Waals surface area contributed by atoms with Gasteiger partial charge in [-0.3, -0.25) is 4.79 Å². The first-order valence-corrected chi connectivity index (χ1v) is 7.42. The highest BCUT2D eigenvalue weighted by Gasteiger charge is 2.42. The Balaban J connectivity index is 2.25. The Kier molecular flexibility index (Phi) is 4.51. The summed E-state index contributed by atoms with van der Waals surface area (Å²) in [6.07, 6.45) is 5.34. The molecule has 2 nitrogen and oxygen atoms in total. The third-order valence-corrected chi connectivity index (χ3v) is 4.83. The number of hydrogen-bond donors (Lipinski definition) is 1. The number of carboxylic acid groups (broad SMARTS) is 1. The van der Waals surface area contributed by atoms with E-state index in [-0.39, 0.29) is 0 Å². The van der Waals surface area contributed by atoms with Gasteiger partial charge in [-0.05, 0) is 36.8 Å². The lowest BCUT2D eigenvalue weighted by Crippen LogP contribution is -2.38. The van der Waals surface area contributed by atoms with Crippen LogP contribution in [-0.2, 0) is 11.2 Å². The van der Waals surface area contributed by atoms with Crippen molar-refractivity contribution < 1.29 is 9.90 Å². The minimum atomic E-state index is -0.662. The number of rotatable bonds is 4. The first-order chi connectivity index (χ1) is 9.07. The summed E-state index contributed by atoms with van der Waals surface area (Å²) in [6, 6.07) is 7.60. The predicted molar refractivity (Wildman–Crippen MR) is 77.5 cm³/mol. The monoisotopic (exact) mass is 280 g/mol. The standard InChI is InChI=1S/C16H21ClO2/c1-2-12-6-5-9-16(10-12,15(18)19)11-13-7-3-4-8-14(13)17/h3-4,7-8,12H,2,5-6,9-11H2,1H3,(H,18,19). The van der Waals surface area contributed by atoms with Gasteiger partial charge in [-0.15, -0.1) is 0 Å². The third-order valence-electron chi connectivity index (χ3n) is 4.46. The van der Waals surface area contributed by atoms with E-state index in [1.165, 1.54) is 0 Å². The summed E-state index contributed by atoms with van der Waals surface area (Å²) >= 11 is 6.19. The second-order valence-corrected chi connectivity index (χ2v) is 6.13. The van der Waals surface area contributed by atoms with E-state index in [1.54, 1.807) is 0 Å². The lowest BCUT2D eigenvalue weighted by Gasteiger charge is -2.37. The Labute approximate surface area is 119 Å². The van der Waals surface area contributed by atoms with Gasteiger partial charge < -0.3 is 5.11 Å². The van der Waals surface area contributed by atoms with Crippen LogP contribution >= 0.6 is 11.6 Å². The van der Waals surface area contributed by atoms with Crippen LogP contribution in [0.25, 0.3) is 0 Å². The van der Waals surface area contributed by atoms with Gasteiger partial charge in [0, 0.05) is 5.02 Å². The smallest absolute Gasteiger partial charge is 0.309 e. The number of carbonyl (C=O) groups is 1. The van der Waals surface area contributed by atoms with Gasteiger partial charge in [0.15, 0.2) is 0 Å². The molecule has 0 aliphatic heterocycles. The highest BCUT2D eigenvalue weighted by atomic mass is 35.5. The Morgan fingerprint density at radius 2 is 2.21 bits per heavy atom. The van der Waals surface area contributed by atoms with Crippen molar-refractivity contribution in [1.29, 1.82) is 0 Å². The summed E-state index contributed by atoms with van der Waals surface area (Å²) in [7, 11) is 0. The molecule has 0 aromatic heterocycles. The summed E-state index contributed by atoms with van der Waals surface area (Å²) in [6.45, 7) is 2.15. The Bertz CT molecular complexity index is 458. The zero-order valence-electron chi connectivity index (χ0n) is 11.4. The Morgan fingerprint density at radius 3 is 2.84 bits per heavy atom. The largest absolute Gasteiger partial charge is 0.481 e.